The molecular formula is C19H24N2O5S. The molecule has 0 N–H and O–H groups in total. The Balaban J connectivity index is 1.50. The highest BCUT2D eigenvalue weighted by Gasteiger charge is 2.25. The molecule has 0 unspecified atom stereocenters. The summed E-state index contributed by atoms with van der Waals surface area (Å²) < 4.78 is 36.9. The van der Waals surface area contributed by atoms with Crippen molar-refractivity contribution in [3.8, 4) is 0 Å². The Labute approximate surface area is 159 Å². The van der Waals surface area contributed by atoms with Crippen LogP contribution in [0.2, 0.25) is 0 Å². The summed E-state index contributed by atoms with van der Waals surface area (Å²) in [6, 6.07) is 8.45. The summed E-state index contributed by atoms with van der Waals surface area (Å²) in [4.78, 5) is 12.1. The molecule has 1 aromatic carbocycles. The predicted octanol–water partition coefficient (Wildman–Crippen LogP) is 2.83. The van der Waals surface area contributed by atoms with Gasteiger partial charge in [0.2, 0.25) is 10.0 Å². The molecule has 1 fully saturated rings. The van der Waals surface area contributed by atoms with Gasteiger partial charge in [-0.15, -0.1) is 0 Å². The number of carbonyl (C=O) groups is 1. The molecule has 1 aromatic heterocycles. The zero-order chi connectivity index (χ0) is 19.3. The van der Waals surface area contributed by atoms with Gasteiger partial charge in [-0.1, -0.05) is 23.7 Å². The van der Waals surface area contributed by atoms with Gasteiger partial charge in [0.25, 0.3) is 0 Å². The molecule has 0 bridgehead atoms. The smallest absolute Gasteiger partial charge is 0.306 e. The summed E-state index contributed by atoms with van der Waals surface area (Å²) in [5, 5.41) is 3.76. The maximum Gasteiger partial charge on any atom is 0.306 e. The molecule has 1 aliphatic heterocycles. The monoisotopic (exact) mass is 392 g/mol. The SMILES string of the molecule is Cc1cc(COC(=O)CCc2ccc(S(=O)(=O)N3CCCCC3)cc2)no1. The summed E-state index contributed by atoms with van der Waals surface area (Å²) in [5.74, 6) is 0.335. The minimum atomic E-state index is -3.42. The van der Waals surface area contributed by atoms with Gasteiger partial charge in [0, 0.05) is 25.6 Å². The van der Waals surface area contributed by atoms with E-state index >= 15 is 0 Å². The summed E-state index contributed by atoms with van der Waals surface area (Å²) in [6.45, 7) is 3.03. The number of ether oxygens (including phenoxy) is 1. The molecule has 0 spiro atoms. The van der Waals surface area contributed by atoms with Crippen LogP contribution in [-0.2, 0) is 32.6 Å². The highest BCUT2D eigenvalue weighted by atomic mass is 32.2. The van der Waals surface area contributed by atoms with Gasteiger partial charge in [-0.25, -0.2) is 8.42 Å². The molecule has 0 saturated carbocycles. The Kier molecular flexibility index (Phi) is 6.28. The Morgan fingerprint density at radius 3 is 2.52 bits per heavy atom. The molecule has 0 aliphatic carbocycles. The number of aromatic nitrogens is 1. The number of rotatable bonds is 7. The van der Waals surface area contributed by atoms with Crippen LogP contribution >= 0.6 is 0 Å². The lowest BCUT2D eigenvalue weighted by atomic mass is 10.1. The topological polar surface area (TPSA) is 89.7 Å². The van der Waals surface area contributed by atoms with Crippen molar-refractivity contribution in [1.82, 2.24) is 9.46 Å². The third-order valence-electron chi connectivity index (χ3n) is 4.55. The van der Waals surface area contributed by atoms with Gasteiger partial charge >= 0.3 is 5.97 Å². The van der Waals surface area contributed by atoms with E-state index in [0.717, 1.165) is 24.8 Å². The molecule has 0 atom stereocenters. The average molecular weight is 392 g/mol. The Morgan fingerprint density at radius 1 is 1.19 bits per heavy atom. The molecule has 27 heavy (non-hydrogen) atoms. The summed E-state index contributed by atoms with van der Waals surface area (Å²) >= 11 is 0. The highest BCUT2D eigenvalue weighted by molar-refractivity contribution is 7.89. The lowest BCUT2D eigenvalue weighted by Gasteiger charge is -2.25. The fourth-order valence-electron chi connectivity index (χ4n) is 3.04. The van der Waals surface area contributed by atoms with Crippen LogP contribution in [0.15, 0.2) is 39.8 Å². The second-order valence-electron chi connectivity index (χ2n) is 6.70. The molecule has 0 amide bonds. The van der Waals surface area contributed by atoms with Crippen LogP contribution in [0, 0.1) is 6.92 Å². The van der Waals surface area contributed by atoms with Crippen LogP contribution in [0.3, 0.4) is 0 Å². The number of hydrogen-bond acceptors (Lipinski definition) is 6. The fraction of sp³-hybridized carbons (Fsp3) is 0.474. The summed E-state index contributed by atoms with van der Waals surface area (Å²) in [7, 11) is -3.42. The van der Waals surface area contributed by atoms with Crippen LogP contribution in [0.25, 0.3) is 0 Å². The number of esters is 1. The van der Waals surface area contributed by atoms with E-state index in [1.807, 2.05) is 0 Å². The molecule has 2 heterocycles. The summed E-state index contributed by atoms with van der Waals surface area (Å²) in [6.07, 6.45) is 3.60. The molecule has 3 rings (SSSR count). The third-order valence-corrected chi connectivity index (χ3v) is 6.46. The van der Waals surface area contributed by atoms with Crippen molar-refractivity contribution in [2.75, 3.05) is 13.1 Å². The molecule has 146 valence electrons. The van der Waals surface area contributed by atoms with E-state index < -0.39 is 10.0 Å². The number of carbonyl (C=O) groups excluding carboxylic acids is 1. The zero-order valence-electron chi connectivity index (χ0n) is 15.4. The van der Waals surface area contributed by atoms with Crippen molar-refractivity contribution in [1.29, 1.82) is 0 Å². The maximum absolute atomic E-state index is 12.6. The van der Waals surface area contributed by atoms with E-state index in [4.69, 9.17) is 9.26 Å². The van der Waals surface area contributed by atoms with Gasteiger partial charge in [0.15, 0.2) is 0 Å². The second-order valence-corrected chi connectivity index (χ2v) is 8.64. The standard InChI is InChI=1S/C19H24N2O5S/c1-15-13-17(20-26-15)14-25-19(22)10-7-16-5-8-18(9-6-16)27(23,24)21-11-3-2-4-12-21/h5-6,8-9,13H,2-4,7,10-12,14H2,1H3. The Morgan fingerprint density at radius 2 is 1.89 bits per heavy atom. The minimum Gasteiger partial charge on any atom is -0.459 e. The van der Waals surface area contributed by atoms with Crippen LogP contribution < -0.4 is 0 Å². The van der Waals surface area contributed by atoms with Crippen molar-refractivity contribution in [2.45, 2.75) is 50.5 Å². The number of benzene rings is 1. The van der Waals surface area contributed by atoms with Crippen LogP contribution in [-0.4, -0.2) is 36.9 Å². The molecule has 8 heteroatoms. The van der Waals surface area contributed by atoms with Gasteiger partial charge in [0.1, 0.15) is 18.1 Å². The molecule has 0 radical (unpaired) electrons. The molecular weight excluding hydrogens is 368 g/mol. The number of hydrogen-bond donors (Lipinski definition) is 0. The molecule has 7 nitrogen and oxygen atoms in total. The van der Waals surface area contributed by atoms with E-state index in [9.17, 15) is 13.2 Å². The minimum absolute atomic E-state index is 0.0865. The van der Waals surface area contributed by atoms with E-state index in [0.29, 0.717) is 35.9 Å². The average Bonchev–Trinajstić information content (AvgIpc) is 3.11. The lowest BCUT2D eigenvalue weighted by Crippen LogP contribution is -2.35. The van der Waals surface area contributed by atoms with E-state index in [1.165, 1.54) is 0 Å². The van der Waals surface area contributed by atoms with Gasteiger partial charge in [-0.3, -0.25) is 4.79 Å². The lowest BCUT2D eigenvalue weighted by molar-refractivity contribution is -0.145. The molecule has 1 aliphatic rings. The summed E-state index contributed by atoms with van der Waals surface area (Å²) in [5.41, 5.74) is 1.47. The number of aryl methyl sites for hydroxylation is 2. The first kappa shape index (κ1) is 19.6. The largest absolute Gasteiger partial charge is 0.459 e. The first-order valence-corrected chi connectivity index (χ1v) is 10.6. The normalized spacial score (nSPS) is 15.6. The van der Waals surface area contributed by atoms with Crippen LogP contribution in [0.4, 0.5) is 0 Å². The number of sulfonamides is 1. The number of piperidine rings is 1. The fourth-order valence-corrected chi connectivity index (χ4v) is 4.56. The molecule has 2 aromatic rings. The maximum atomic E-state index is 12.6. The van der Waals surface area contributed by atoms with Crippen LogP contribution in [0.5, 0.6) is 0 Å². The van der Waals surface area contributed by atoms with Gasteiger partial charge in [-0.05, 0) is 43.9 Å². The predicted molar refractivity (Wildman–Crippen MR) is 98.4 cm³/mol. The van der Waals surface area contributed by atoms with Crippen molar-refractivity contribution < 1.29 is 22.5 Å². The van der Waals surface area contributed by atoms with E-state index in [-0.39, 0.29) is 19.0 Å². The number of nitrogens with zero attached hydrogens (tertiary/aromatic N) is 2. The van der Waals surface area contributed by atoms with Gasteiger partial charge in [0.05, 0.1) is 4.90 Å². The second kappa shape index (κ2) is 8.67. The quantitative estimate of drug-likeness (QED) is 0.673. The van der Waals surface area contributed by atoms with Crippen molar-refractivity contribution >= 4 is 16.0 Å². The Hall–Kier alpha value is -2.19. The first-order chi connectivity index (χ1) is 12.9. The van der Waals surface area contributed by atoms with E-state index in [1.54, 1.807) is 41.6 Å². The van der Waals surface area contributed by atoms with Crippen LogP contribution in [0.1, 0.15) is 42.7 Å². The van der Waals surface area contributed by atoms with Crippen molar-refractivity contribution in [2.24, 2.45) is 0 Å². The Bertz CT molecular complexity index is 868. The zero-order valence-corrected chi connectivity index (χ0v) is 16.2. The third kappa shape index (κ3) is 5.17. The van der Waals surface area contributed by atoms with Crippen molar-refractivity contribution in [3.05, 3.63) is 47.3 Å². The van der Waals surface area contributed by atoms with E-state index in [2.05, 4.69) is 5.16 Å². The van der Waals surface area contributed by atoms with Crippen molar-refractivity contribution in [3.63, 3.8) is 0 Å². The van der Waals surface area contributed by atoms with Gasteiger partial charge in [-0.2, -0.15) is 4.31 Å². The molecule has 1 saturated heterocycles. The van der Waals surface area contributed by atoms with Gasteiger partial charge < -0.3 is 9.26 Å². The first-order valence-electron chi connectivity index (χ1n) is 9.12. The highest BCUT2D eigenvalue weighted by Crippen LogP contribution is 2.21.